The molecule has 178 valence electrons. The van der Waals surface area contributed by atoms with Crippen LogP contribution in [0.1, 0.15) is 34.7 Å². The lowest BCUT2D eigenvalue weighted by Gasteiger charge is -2.15. The number of hydrogen-bond acceptors (Lipinski definition) is 5. The first-order valence-corrected chi connectivity index (χ1v) is 10.0. The molecule has 0 heterocycles. The number of rotatable bonds is 8. The maximum absolute atomic E-state index is 14.3. The summed E-state index contributed by atoms with van der Waals surface area (Å²) in [5.41, 5.74) is 1.08. The number of nitrogens with zero attached hydrogens (tertiary/aromatic N) is 2. The van der Waals surface area contributed by atoms with Crippen LogP contribution in [0.15, 0.2) is 40.6 Å². The predicted octanol–water partition coefficient (Wildman–Crippen LogP) is 4.93. The Morgan fingerprint density at radius 1 is 1.12 bits per heavy atom. The van der Waals surface area contributed by atoms with E-state index >= 15 is 0 Å². The first-order chi connectivity index (χ1) is 15.5. The van der Waals surface area contributed by atoms with E-state index in [0.29, 0.717) is 11.1 Å². The highest BCUT2D eigenvalue weighted by Gasteiger charge is 2.32. The minimum absolute atomic E-state index is 0.00948. The molecule has 0 aliphatic carbocycles. The molecule has 2 rings (SSSR count). The number of carbonyl (C=O) groups excluding carboxylic acids is 1. The molecule has 2 aromatic rings. The lowest BCUT2D eigenvalue weighted by molar-refractivity contribution is -0.127. The van der Waals surface area contributed by atoms with E-state index < -0.39 is 34.9 Å². The van der Waals surface area contributed by atoms with Crippen LogP contribution in [-0.2, 0) is 27.5 Å². The van der Waals surface area contributed by atoms with Crippen LogP contribution in [-0.4, -0.2) is 37.7 Å². The number of hydrogen-bond donors (Lipinski definition) is 1. The molecule has 1 N–H and O–H groups in total. The summed E-state index contributed by atoms with van der Waals surface area (Å²) < 4.78 is 53.2. The first-order valence-electron chi connectivity index (χ1n) is 9.62. The lowest BCUT2D eigenvalue weighted by Crippen LogP contribution is -2.29. The van der Waals surface area contributed by atoms with Crippen LogP contribution in [0.5, 0.6) is 0 Å². The monoisotopic (exact) mass is 487 g/mol. The number of aryl methyl sites for hydroxylation is 1. The number of carbonyl (C=O) groups is 1. The third-order valence-corrected chi connectivity index (χ3v) is 4.96. The first kappa shape index (κ1) is 26.1. The van der Waals surface area contributed by atoms with Crippen molar-refractivity contribution in [3.8, 4) is 0 Å². The Morgan fingerprint density at radius 3 is 2.42 bits per heavy atom. The fourth-order valence-electron chi connectivity index (χ4n) is 3.09. The van der Waals surface area contributed by atoms with E-state index in [9.17, 15) is 22.4 Å². The fourth-order valence-corrected chi connectivity index (χ4v) is 3.26. The van der Waals surface area contributed by atoms with Crippen molar-refractivity contribution in [1.82, 2.24) is 5.32 Å². The topological polar surface area (TPSA) is 72.3 Å². The van der Waals surface area contributed by atoms with Gasteiger partial charge in [-0.15, -0.1) is 0 Å². The molecule has 0 aromatic heterocycles. The van der Waals surface area contributed by atoms with Gasteiger partial charge in [-0.05, 0) is 25.5 Å². The Labute approximate surface area is 193 Å². The average molecular weight is 488 g/mol. The molecular weight excluding hydrogens is 466 g/mol. The van der Waals surface area contributed by atoms with Gasteiger partial charge in [-0.3, -0.25) is 4.79 Å². The third kappa shape index (κ3) is 6.67. The van der Waals surface area contributed by atoms with Gasteiger partial charge < -0.3 is 15.0 Å². The van der Waals surface area contributed by atoms with E-state index in [0.717, 1.165) is 11.6 Å². The number of nitrogens with one attached hydrogen (secondary N) is 1. The molecule has 0 aliphatic rings. The standard InChI is InChI=1S/C22H22ClF4N3O3/c1-12-6-5-7-15(20(30-32-4)21(31)28-3)17(12)11-33-29-13(2)14-8-9-18(23)19(24)16(14)10-22(25,26)27/h5-9H,10-11H2,1-4H3,(H,28,31)/b29-13+,30-20+. The van der Waals surface area contributed by atoms with Gasteiger partial charge in [0.15, 0.2) is 5.71 Å². The van der Waals surface area contributed by atoms with Crippen LogP contribution in [0.25, 0.3) is 0 Å². The fraction of sp³-hybridized carbons (Fsp3) is 0.318. The number of likely N-dealkylation sites (N-methyl/N-ethyl adjacent to an activating group) is 1. The maximum Gasteiger partial charge on any atom is 0.393 e. The summed E-state index contributed by atoms with van der Waals surface area (Å²) in [7, 11) is 2.74. The van der Waals surface area contributed by atoms with Gasteiger partial charge in [0.2, 0.25) is 0 Å². The van der Waals surface area contributed by atoms with Crippen molar-refractivity contribution in [2.75, 3.05) is 14.2 Å². The largest absolute Gasteiger partial charge is 0.398 e. The number of oxime groups is 2. The van der Waals surface area contributed by atoms with E-state index in [4.69, 9.17) is 21.3 Å². The zero-order chi connectivity index (χ0) is 24.8. The number of amides is 1. The molecule has 0 radical (unpaired) electrons. The Kier molecular flexibility index (Phi) is 8.81. The molecule has 0 aliphatic heterocycles. The normalized spacial score (nSPS) is 12.5. The van der Waals surface area contributed by atoms with Crippen LogP contribution >= 0.6 is 11.6 Å². The Bertz CT molecular complexity index is 1090. The van der Waals surface area contributed by atoms with Crippen molar-refractivity contribution in [2.45, 2.75) is 33.1 Å². The Hall–Kier alpha value is -3.14. The van der Waals surface area contributed by atoms with Crippen molar-refractivity contribution >= 4 is 28.9 Å². The highest BCUT2D eigenvalue weighted by Crippen LogP contribution is 2.29. The zero-order valence-electron chi connectivity index (χ0n) is 18.3. The van der Waals surface area contributed by atoms with Gasteiger partial charge in [-0.2, -0.15) is 13.2 Å². The van der Waals surface area contributed by atoms with E-state index in [1.54, 1.807) is 25.1 Å². The number of alkyl halides is 3. The van der Waals surface area contributed by atoms with Crippen molar-refractivity contribution in [3.63, 3.8) is 0 Å². The van der Waals surface area contributed by atoms with Crippen molar-refractivity contribution in [2.24, 2.45) is 10.3 Å². The van der Waals surface area contributed by atoms with E-state index in [1.165, 1.54) is 27.1 Å². The molecule has 0 unspecified atom stereocenters. The van der Waals surface area contributed by atoms with E-state index in [-0.39, 0.29) is 23.6 Å². The molecular formula is C22H22ClF4N3O3. The summed E-state index contributed by atoms with van der Waals surface area (Å²) in [5, 5.41) is 9.69. The molecule has 0 bridgehead atoms. The highest BCUT2D eigenvalue weighted by molar-refractivity contribution is 6.45. The molecule has 6 nitrogen and oxygen atoms in total. The predicted molar refractivity (Wildman–Crippen MR) is 117 cm³/mol. The van der Waals surface area contributed by atoms with Gasteiger partial charge in [-0.25, -0.2) is 4.39 Å². The molecule has 0 spiro atoms. The summed E-state index contributed by atoms with van der Waals surface area (Å²) in [6.07, 6.45) is -6.15. The van der Waals surface area contributed by atoms with Gasteiger partial charge in [0.05, 0.1) is 17.2 Å². The molecule has 11 heteroatoms. The smallest absolute Gasteiger partial charge is 0.393 e. The van der Waals surface area contributed by atoms with Gasteiger partial charge in [-0.1, -0.05) is 46.2 Å². The molecule has 1 amide bonds. The minimum atomic E-state index is -4.64. The summed E-state index contributed by atoms with van der Waals surface area (Å²) in [6.45, 7) is 3.04. The van der Waals surface area contributed by atoms with Gasteiger partial charge >= 0.3 is 6.18 Å². The van der Waals surface area contributed by atoms with Crippen LogP contribution in [0.4, 0.5) is 17.6 Å². The number of benzene rings is 2. The van der Waals surface area contributed by atoms with Crippen LogP contribution in [0.3, 0.4) is 0 Å². The third-order valence-electron chi connectivity index (χ3n) is 4.66. The van der Waals surface area contributed by atoms with E-state index in [1.807, 2.05) is 0 Å². The zero-order valence-corrected chi connectivity index (χ0v) is 19.1. The molecule has 2 aromatic carbocycles. The van der Waals surface area contributed by atoms with Crippen LogP contribution < -0.4 is 5.32 Å². The molecule has 0 saturated heterocycles. The Morgan fingerprint density at radius 2 is 1.82 bits per heavy atom. The van der Waals surface area contributed by atoms with Gasteiger partial charge in [0.1, 0.15) is 19.5 Å². The second kappa shape index (κ2) is 11.1. The van der Waals surface area contributed by atoms with Gasteiger partial charge in [0, 0.05) is 29.3 Å². The number of halogens is 5. The summed E-state index contributed by atoms with van der Waals surface area (Å²) in [5.74, 6) is -1.65. The average Bonchev–Trinajstić information content (AvgIpc) is 2.75. The second-order valence-electron chi connectivity index (χ2n) is 6.93. The maximum atomic E-state index is 14.3. The van der Waals surface area contributed by atoms with Crippen molar-refractivity contribution < 1.29 is 32.0 Å². The molecule has 33 heavy (non-hydrogen) atoms. The van der Waals surface area contributed by atoms with Gasteiger partial charge in [0.25, 0.3) is 5.91 Å². The van der Waals surface area contributed by atoms with Crippen molar-refractivity contribution in [3.05, 3.63) is 69.0 Å². The molecule has 0 fully saturated rings. The summed E-state index contributed by atoms with van der Waals surface area (Å²) >= 11 is 5.66. The Balaban J connectivity index is 2.38. The summed E-state index contributed by atoms with van der Waals surface area (Å²) in [6, 6.07) is 7.55. The lowest BCUT2D eigenvalue weighted by atomic mass is 9.98. The molecule has 0 saturated carbocycles. The minimum Gasteiger partial charge on any atom is -0.398 e. The second-order valence-corrected chi connectivity index (χ2v) is 7.34. The van der Waals surface area contributed by atoms with Crippen LogP contribution in [0, 0.1) is 12.7 Å². The SMILES string of the molecule is CNC(=O)/C(=N/OC)c1cccc(C)c1CO/N=C(\C)c1ccc(Cl)c(F)c1CC(F)(F)F. The molecule has 0 atom stereocenters. The van der Waals surface area contributed by atoms with Crippen LogP contribution in [0.2, 0.25) is 5.02 Å². The summed E-state index contributed by atoms with van der Waals surface area (Å²) in [4.78, 5) is 22.4. The van der Waals surface area contributed by atoms with Crippen molar-refractivity contribution in [1.29, 1.82) is 0 Å². The highest BCUT2D eigenvalue weighted by atomic mass is 35.5. The quantitative estimate of drug-likeness (QED) is 0.326. The van der Waals surface area contributed by atoms with E-state index in [2.05, 4.69) is 15.6 Å².